The number of ether oxygens (including phenoxy) is 2. The first kappa shape index (κ1) is 17.0. The lowest BCUT2D eigenvalue weighted by Crippen LogP contribution is -2.41. The van der Waals surface area contributed by atoms with Crippen molar-refractivity contribution >= 4 is 6.03 Å². The van der Waals surface area contributed by atoms with Gasteiger partial charge in [0.25, 0.3) is 0 Å². The normalized spacial score (nSPS) is 10.2. The minimum Gasteiger partial charge on any atom is -0.351 e. The number of hydrogen-bond acceptors (Lipinski definition) is 4. The van der Waals surface area contributed by atoms with Crippen molar-refractivity contribution in [2.24, 2.45) is 0 Å². The SMILES string of the molecule is CCOC(CNC(=O)NCc1ccc(C#N)cc1)OCC. The number of nitrogens with one attached hydrogen (secondary N) is 2. The van der Waals surface area contributed by atoms with Crippen molar-refractivity contribution in [3.8, 4) is 6.07 Å². The van der Waals surface area contributed by atoms with Crippen LogP contribution in [-0.2, 0) is 16.0 Å². The zero-order valence-corrected chi connectivity index (χ0v) is 12.4. The van der Waals surface area contributed by atoms with Crippen LogP contribution in [0.25, 0.3) is 0 Å². The Morgan fingerprint density at radius 3 is 2.33 bits per heavy atom. The highest BCUT2D eigenvalue weighted by atomic mass is 16.7. The molecule has 6 heteroatoms. The highest BCUT2D eigenvalue weighted by Crippen LogP contribution is 2.02. The van der Waals surface area contributed by atoms with Crippen LogP contribution in [0.5, 0.6) is 0 Å². The minimum absolute atomic E-state index is 0.288. The first-order valence-electron chi connectivity index (χ1n) is 6.93. The molecule has 114 valence electrons. The molecule has 0 spiro atoms. The Morgan fingerprint density at radius 1 is 1.19 bits per heavy atom. The summed E-state index contributed by atoms with van der Waals surface area (Å²) in [6, 6.07) is 8.81. The molecule has 1 aromatic rings. The Balaban J connectivity index is 2.31. The molecule has 0 aliphatic heterocycles. The van der Waals surface area contributed by atoms with Crippen molar-refractivity contribution in [1.29, 1.82) is 5.26 Å². The maximum Gasteiger partial charge on any atom is 0.315 e. The minimum atomic E-state index is -0.430. The fourth-order valence-corrected chi connectivity index (χ4v) is 1.66. The smallest absolute Gasteiger partial charge is 0.315 e. The van der Waals surface area contributed by atoms with Crippen LogP contribution in [0.2, 0.25) is 0 Å². The topological polar surface area (TPSA) is 83.4 Å². The van der Waals surface area contributed by atoms with E-state index < -0.39 is 6.29 Å². The maximum atomic E-state index is 11.7. The highest BCUT2D eigenvalue weighted by Gasteiger charge is 2.09. The second-order valence-corrected chi connectivity index (χ2v) is 4.21. The first-order valence-corrected chi connectivity index (χ1v) is 6.93. The molecule has 0 aliphatic rings. The summed E-state index contributed by atoms with van der Waals surface area (Å²) in [5.74, 6) is 0. The van der Waals surface area contributed by atoms with Gasteiger partial charge < -0.3 is 20.1 Å². The lowest BCUT2D eigenvalue weighted by Gasteiger charge is -2.17. The number of nitrogens with zero attached hydrogens (tertiary/aromatic N) is 1. The summed E-state index contributed by atoms with van der Waals surface area (Å²) in [5, 5.41) is 14.1. The van der Waals surface area contributed by atoms with Crippen molar-refractivity contribution in [3.05, 3.63) is 35.4 Å². The summed E-state index contributed by atoms with van der Waals surface area (Å²) in [4.78, 5) is 11.7. The van der Waals surface area contributed by atoms with E-state index in [4.69, 9.17) is 14.7 Å². The Kier molecular flexibility index (Phi) is 7.87. The largest absolute Gasteiger partial charge is 0.351 e. The maximum absolute atomic E-state index is 11.7. The lowest BCUT2D eigenvalue weighted by molar-refractivity contribution is -0.131. The van der Waals surface area contributed by atoms with Crippen molar-refractivity contribution in [2.45, 2.75) is 26.7 Å². The fraction of sp³-hybridized carbons (Fsp3) is 0.467. The molecule has 6 nitrogen and oxygen atoms in total. The average Bonchev–Trinajstić information content (AvgIpc) is 2.51. The monoisotopic (exact) mass is 291 g/mol. The summed E-state index contributed by atoms with van der Waals surface area (Å²) in [6.07, 6.45) is -0.430. The van der Waals surface area contributed by atoms with Crippen LogP contribution in [0, 0.1) is 11.3 Å². The number of amides is 2. The third-order valence-electron chi connectivity index (χ3n) is 2.67. The van der Waals surface area contributed by atoms with Gasteiger partial charge in [0.15, 0.2) is 6.29 Å². The van der Waals surface area contributed by atoms with Gasteiger partial charge in [-0.25, -0.2) is 4.79 Å². The van der Waals surface area contributed by atoms with Gasteiger partial charge in [-0.1, -0.05) is 12.1 Å². The molecule has 0 unspecified atom stereocenters. The average molecular weight is 291 g/mol. The predicted molar refractivity (Wildman–Crippen MR) is 78.4 cm³/mol. The summed E-state index contributed by atoms with van der Waals surface area (Å²) in [5.41, 5.74) is 1.52. The third-order valence-corrected chi connectivity index (χ3v) is 2.67. The Morgan fingerprint density at radius 2 is 1.81 bits per heavy atom. The lowest BCUT2D eigenvalue weighted by atomic mass is 10.1. The molecule has 0 bridgehead atoms. The molecule has 0 saturated heterocycles. The molecule has 2 amide bonds. The van der Waals surface area contributed by atoms with E-state index in [-0.39, 0.29) is 6.03 Å². The van der Waals surface area contributed by atoms with E-state index in [1.54, 1.807) is 12.1 Å². The van der Waals surface area contributed by atoms with Gasteiger partial charge >= 0.3 is 6.03 Å². The van der Waals surface area contributed by atoms with Gasteiger partial charge in [0.1, 0.15) is 0 Å². The Bertz CT molecular complexity index is 462. The number of carbonyl (C=O) groups excluding carboxylic acids is 1. The molecule has 1 rings (SSSR count). The number of rotatable bonds is 8. The molecule has 0 heterocycles. The molecular formula is C15H21N3O3. The molecule has 0 atom stereocenters. The van der Waals surface area contributed by atoms with Crippen LogP contribution < -0.4 is 10.6 Å². The van der Waals surface area contributed by atoms with Crippen molar-refractivity contribution in [2.75, 3.05) is 19.8 Å². The zero-order valence-electron chi connectivity index (χ0n) is 12.4. The number of hydrogen-bond donors (Lipinski definition) is 2. The standard InChI is InChI=1S/C15H21N3O3/c1-3-20-14(21-4-2)11-18-15(19)17-10-13-7-5-12(9-16)6-8-13/h5-8,14H,3-4,10-11H2,1-2H3,(H2,17,18,19). The van der Waals surface area contributed by atoms with E-state index in [1.807, 2.05) is 32.0 Å². The number of benzene rings is 1. The van der Waals surface area contributed by atoms with Crippen LogP contribution in [-0.4, -0.2) is 32.1 Å². The van der Waals surface area contributed by atoms with E-state index >= 15 is 0 Å². The van der Waals surface area contributed by atoms with E-state index in [0.29, 0.717) is 31.9 Å². The predicted octanol–water partition coefficient (Wildman–Crippen LogP) is 1.76. The van der Waals surface area contributed by atoms with Crippen LogP contribution in [0.1, 0.15) is 25.0 Å². The fourth-order valence-electron chi connectivity index (χ4n) is 1.66. The van der Waals surface area contributed by atoms with Crippen LogP contribution in [0.4, 0.5) is 4.79 Å². The molecule has 0 fully saturated rings. The van der Waals surface area contributed by atoms with E-state index in [9.17, 15) is 4.79 Å². The Hall–Kier alpha value is -2.10. The molecular weight excluding hydrogens is 270 g/mol. The van der Waals surface area contributed by atoms with Crippen molar-refractivity contribution in [3.63, 3.8) is 0 Å². The molecule has 0 saturated carbocycles. The van der Waals surface area contributed by atoms with Crippen LogP contribution in [0.3, 0.4) is 0 Å². The van der Waals surface area contributed by atoms with Gasteiger partial charge in [0, 0.05) is 19.8 Å². The summed E-state index contributed by atoms with van der Waals surface area (Å²) in [7, 11) is 0. The van der Waals surface area contributed by atoms with E-state index in [2.05, 4.69) is 10.6 Å². The number of nitriles is 1. The second kappa shape index (κ2) is 9.75. The molecule has 0 aromatic heterocycles. The molecule has 0 aliphatic carbocycles. The molecule has 2 N–H and O–H groups in total. The van der Waals surface area contributed by atoms with Gasteiger partial charge in [-0.3, -0.25) is 0 Å². The summed E-state index contributed by atoms with van der Waals surface area (Å²) < 4.78 is 10.7. The van der Waals surface area contributed by atoms with Crippen molar-refractivity contribution in [1.82, 2.24) is 10.6 Å². The van der Waals surface area contributed by atoms with Gasteiger partial charge in [-0.15, -0.1) is 0 Å². The quantitative estimate of drug-likeness (QED) is 0.715. The highest BCUT2D eigenvalue weighted by molar-refractivity contribution is 5.73. The van der Waals surface area contributed by atoms with Gasteiger partial charge in [0.2, 0.25) is 0 Å². The number of carbonyl (C=O) groups is 1. The molecule has 21 heavy (non-hydrogen) atoms. The Labute approximate surface area is 125 Å². The molecule has 0 radical (unpaired) electrons. The first-order chi connectivity index (χ1) is 10.2. The third kappa shape index (κ3) is 6.75. The van der Waals surface area contributed by atoms with Crippen LogP contribution in [0.15, 0.2) is 24.3 Å². The summed E-state index contributed by atoms with van der Waals surface area (Å²) in [6.45, 7) is 5.48. The second-order valence-electron chi connectivity index (χ2n) is 4.21. The van der Waals surface area contributed by atoms with Gasteiger partial charge in [-0.2, -0.15) is 5.26 Å². The summed E-state index contributed by atoms with van der Waals surface area (Å²) >= 11 is 0. The number of urea groups is 1. The van der Waals surface area contributed by atoms with Gasteiger partial charge in [0.05, 0.1) is 18.2 Å². The van der Waals surface area contributed by atoms with Gasteiger partial charge in [-0.05, 0) is 31.5 Å². The van der Waals surface area contributed by atoms with E-state index in [1.165, 1.54) is 0 Å². The zero-order chi connectivity index (χ0) is 15.5. The molecule has 1 aromatic carbocycles. The van der Waals surface area contributed by atoms with Crippen LogP contribution >= 0.6 is 0 Å². The van der Waals surface area contributed by atoms with E-state index in [0.717, 1.165) is 5.56 Å². The van der Waals surface area contributed by atoms with Crippen molar-refractivity contribution < 1.29 is 14.3 Å².